The van der Waals surface area contributed by atoms with Gasteiger partial charge in [-0.25, -0.2) is 0 Å². The fourth-order valence-corrected chi connectivity index (χ4v) is 3.68. The maximum atomic E-state index is 6.38. The fourth-order valence-electron chi connectivity index (χ4n) is 3.40. The summed E-state index contributed by atoms with van der Waals surface area (Å²) in [6, 6.07) is 12.3. The maximum absolute atomic E-state index is 6.38. The number of hydrogen-bond donors (Lipinski definition) is 0. The van der Waals surface area contributed by atoms with Crippen molar-refractivity contribution in [2.24, 2.45) is 4.99 Å². The molecule has 2 atom stereocenters. The minimum Gasteiger partial charge on any atom is -0.489 e. The van der Waals surface area contributed by atoms with Gasteiger partial charge in [0.25, 0.3) is 0 Å². The van der Waals surface area contributed by atoms with Crippen LogP contribution in [0.1, 0.15) is 27.8 Å². The molecule has 0 radical (unpaired) electrons. The van der Waals surface area contributed by atoms with Gasteiger partial charge in [0.1, 0.15) is 25.3 Å². The molecular formula is C24H28ClNO3. The van der Waals surface area contributed by atoms with Crippen molar-refractivity contribution in [3.8, 4) is 5.75 Å². The Bertz CT molecular complexity index is 893. The van der Waals surface area contributed by atoms with Gasteiger partial charge in [-0.3, -0.25) is 4.99 Å². The van der Waals surface area contributed by atoms with Crippen molar-refractivity contribution in [2.45, 2.75) is 45.4 Å². The highest BCUT2D eigenvalue weighted by Gasteiger charge is 2.22. The van der Waals surface area contributed by atoms with Gasteiger partial charge < -0.3 is 14.2 Å². The van der Waals surface area contributed by atoms with Gasteiger partial charge in [0, 0.05) is 19.2 Å². The quantitative estimate of drug-likeness (QED) is 0.335. The number of nitrogens with zero attached hydrogens (tertiary/aromatic N) is 1. The lowest BCUT2D eigenvalue weighted by molar-refractivity contribution is -0.0558. The molecule has 1 aliphatic rings. The molecule has 2 aromatic carbocycles. The van der Waals surface area contributed by atoms with Crippen molar-refractivity contribution < 1.29 is 14.2 Å². The first-order valence-electron chi connectivity index (χ1n) is 9.75. The molecule has 0 bridgehead atoms. The molecule has 0 aromatic heterocycles. The van der Waals surface area contributed by atoms with Crippen LogP contribution in [0.4, 0.5) is 0 Å². The van der Waals surface area contributed by atoms with Crippen molar-refractivity contribution >= 4 is 17.3 Å². The predicted octanol–water partition coefficient (Wildman–Crippen LogP) is 5.30. The molecular weight excluding hydrogens is 386 g/mol. The van der Waals surface area contributed by atoms with E-state index in [4.69, 9.17) is 25.8 Å². The standard InChI is InChI=1S/C24H28ClNO3/c1-16-12-23(28-14-19-8-6-5-7-9-19)18(3)17(2)21(16)13-20-10-11-22(24(25)26-20)29-15-27-4/h5-12,22,24H,13-15H2,1-4H3. The lowest BCUT2D eigenvalue weighted by Gasteiger charge is -2.22. The van der Waals surface area contributed by atoms with Crippen LogP contribution in [0.25, 0.3) is 0 Å². The van der Waals surface area contributed by atoms with E-state index in [1.165, 1.54) is 16.7 Å². The number of aryl methyl sites for hydroxylation is 1. The summed E-state index contributed by atoms with van der Waals surface area (Å²) >= 11 is 6.38. The van der Waals surface area contributed by atoms with Crippen LogP contribution in [-0.4, -0.2) is 31.2 Å². The second-order valence-corrected chi connectivity index (χ2v) is 7.71. The van der Waals surface area contributed by atoms with Crippen LogP contribution >= 0.6 is 11.6 Å². The number of rotatable bonds is 8. The SMILES string of the molecule is COCOC1C=CC(Cc2c(C)cc(OCc3ccccc3)c(C)c2C)=NC1Cl. The monoisotopic (exact) mass is 413 g/mol. The van der Waals surface area contributed by atoms with Gasteiger partial charge in [-0.15, -0.1) is 0 Å². The highest BCUT2D eigenvalue weighted by molar-refractivity contribution is 6.22. The van der Waals surface area contributed by atoms with Crippen LogP contribution in [0.3, 0.4) is 0 Å². The van der Waals surface area contributed by atoms with E-state index < -0.39 is 5.50 Å². The lowest BCUT2D eigenvalue weighted by atomic mass is 9.93. The molecule has 0 aliphatic carbocycles. The van der Waals surface area contributed by atoms with Gasteiger partial charge in [0.2, 0.25) is 0 Å². The van der Waals surface area contributed by atoms with E-state index in [2.05, 4.69) is 44.0 Å². The van der Waals surface area contributed by atoms with Gasteiger partial charge in [-0.05, 0) is 60.7 Å². The minimum atomic E-state index is -0.444. The normalized spacial score (nSPS) is 18.6. The molecule has 2 unspecified atom stereocenters. The van der Waals surface area contributed by atoms with Gasteiger partial charge in [-0.1, -0.05) is 48.0 Å². The Hall–Kier alpha value is -2.14. The Morgan fingerprint density at radius 1 is 1.07 bits per heavy atom. The summed E-state index contributed by atoms with van der Waals surface area (Å²) in [6.45, 7) is 7.13. The van der Waals surface area contributed by atoms with Crippen molar-refractivity contribution in [3.63, 3.8) is 0 Å². The average molecular weight is 414 g/mol. The first kappa shape index (κ1) is 21.6. The zero-order valence-electron chi connectivity index (χ0n) is 17.4. The molecule has 154 valence electrons. The average Bonchev–Trinajstić information content (AvgIpc) is 2.73. The van der Waals surface area contributed by atoms with Crippen molar-refractivity contribution in [3.05, 3.63) is 76.4 Å². The molecule has 3 rings (SSSR count). The maximum Gasteiger partial charge on any atom is 0.153 e. The molecule has 0 saturated carbocycles. The summed E-state index contributed by atoms with van der Waals surface area (Å²) in [5.41, 5.74) is 6.51. The second-order valence-electron chi connectivity index (χ2n) is 7.26. The van der Waals surface area contributed by atoms with Crippen LogP contribution in [0.2, 0.25) is 0 Å². The van der Waals surface area contributed by atoms with E-state index in [9.17, 15) is 0 Å². The summed E-state index contributed by atoms with van der Waals surface area (Å²) in [7, 11) is 1.59. The number of methoxy groups -OCH3 is 1. The van der Waals surface area contributed by atoms with Gasteiger partial charge in [0.15, 0.2) is 5.50 Å². The zero-order valence-corrected chi connectivity index (χ0v) is 18.2. The van der Waals surface area contributed by atoms with E-state index in [0.717, 1.165) is 29.0 Å². The number of aliphatic imine (C=N–C) groups is 1. The van der Waals surface area contributed by atoms with E-state index >= 15 is 0 Å². The van der Waals surface area contributed by atoms with Crippen molar-refractivity contribution in [1.29, 1.82) is 0 Å². The van der Waals surface area contributed by atoms with Gasteiger partial charge >= 0.3 is 0 Å². The van der Waals surface area contributed by atoms with Crippen LogP contribution in [-0.2, 0) is 22.5 Å². The summed E-state index contributed by atoms with van der Waals surface area (Å²) in [5, 5.41) is 0. The molecule has 5 heteroatoms. The van der Waals surface area contributed by atoms with E-state index in [-0.39, 0.29) is 12.9 Å². The first-order chi connectivity index (χ1) is 14.0. The minimum absolute atomic E-state index is 0.199. The summed E-state index contributed by atoms with van der Waals surface area (Å²) < 4.78 is 16.6. The molecule has 0 saturated heterocycles. The van der Waals surface area contributed by atoms with Crippen LogP contribution in [0.15, 0.2) is 53.5 Å². The number of hydrogen-bond acceptors (Lipinski definition) is 4. The van der Waals surface area contributed by atoms with Gasteiger partial charge in [-0.2, -0.15) is 0 Å². The van der Waals surface area contributed by atoms with Crippen LogP contribution < -0.4 is 4.74 Å². The molecule has 0 N–H and O–H groups in total. The smallest absolute Gasteiger partial charge is 0.153 e. The molecule has 29 heavy (non-hydrogen) atoms. The summed E-state index contributed by atoms with van der Waals surface area (Å²) in [5.74, 6) is 0.928. The molecule has 0 spiro atoms. The molecule has 0 fully saturated rings. The molecule has 0 amide bonds. The Balaban J connectivity index is 1.72. The number of allylic oxidation sites excluding steroid dienone is 1. The molecule has 1 aliphatic heterocycles. The van der Waals surface area contributed by atoms with Gasteiger partial charge in [0.05, 0.1) is 0 Å². The predicted molar refractivity (Wildman–Crippen MR) is 118 cm³/mol. The number of ether oxygens (including phenoxy) is 3. The lowest BCUT2D eigenvalue weighted by Crippen LogP contribution is -2.27. The Kier molecular flexibility index (Phi) is 7.48. The number of benzene rings is 2. The Morgan fingerprint density at radius 2 is 1.83 bits per heavy atom. The molecule has 1 heterocycles. The zero-order chi connectivity index (χ0) is 20.8. The van der Waals surface area contributed by atoms with Crippen molar-refractivity contribution in [1.82, 2.24) is 0 Å². The third-order valence-electron chi connectivity index (χ3n) is 5.22. The summed E-state index contributed by atoms with van der Waals surface area (Å²) in [6.07, 6.45) is 4.41. The third kappa shape index (κ3) is 5.47. The Morgan fingerprint density at radius 3 is 2.52 bits per heavy atom. The van der Waals surface area contributed by atoms with E-state index in [1.807, 2.05) is 30.4 Å². The van der Waals surface area contributed by atoms with Crippen LogP contribution in [0, 0.1) is 20.8 Å². The molecule has 2 aromatic rings. The highest BCUT2D eigenvalue weighted by Crippen LogP contribution is 2.29. The second kappa shape index (κ2) is 10.1. The van der Waals surface area contributed by atoms with E-state index in [1.54, 1.807) is 7.11 Å². The third-order valence-corrected chi connectivity index (χ3v) is 5.57. The largest absolute Gasteiger partial charge is 0.489 e. The fraction of sp³-hybridized carbons (Fsp3) is 0.375. The first-order valence-corrected chi connectivity index (χ1v) is 10.2. The van der Waals surface area contributed by atoms with E-state index in [0.29, 0.717) is 6.61 Å². The van der Waals surface area contributed by atoms with Crippen molar-refractivity contribution in [2.75, 3.05) is 13.9 Å². The highest BCUT2D eigenvalue weighted by atomic mass is 35.5. The Labute approximate surface area is 178 Å². The number of alkyl halides is 1. The summed E-state index contributed by atoms with van der Waals surface area (Å²) in [4.78, 5) is 4.61. The number of halogens is 1. The number of dihydropyridines is 1. The topological polar surface area (TPSA) is 40.0 Å². The molecule has 4 nitrogen and oxygen atoms in total. The van der Waals surface area contributed by atoms with Crippen LogP contribution in [0.5, 0.6) is 5.75 Å².